The van der Waals surface area contributed by atoms with Crippen LogP contribution in [0.3, 0.4) is 0 Å². The molecule has 2 heterocycles. The van der Waals surface area contributed by atoms with E-state index in [-0.39, 0.29) is 42.4 Å². The Balaban J connectivity index is 1.58. The van der Waals surface area contributed by atoms with Gasteiger partial charge in [0.15, 0.2) is 7.98 Å². The van der Waals surface area contributed by atoms with Crippen LogP contribution in [0, 0.1) is 5.92 Å². The summed E-state index contributed by atoms with van der Waals surface area (Å²) in [5.74, 6) is -1.29. The normalized spacial score (nSPS) is 22.5. The Kier molecular flexibility index (Phi) is 11.0. The second kappa shape index (κ2) is 14.9. The van der Waals surface area contributed by atoms with E-state index < -0.39 is 24.0 Å². The van der Waals surface area contributed by atoms with Crippen molar-refractivity contribution in [2.45, 2.75) is 76.2 Å². The Morgan fingerprint density at radius 1 is 0.905 bits per heavy atom. The summed E-state index contributed by atoms with van der Waals surface area (Å²) in [5.41, 5.74) is 1.88. The van der Waals surface area contributed by atoms with Crippen LogP contribution in [0.5, 0.6) is 0 Å². The molecule has 5 N–H and O–H groups in total. The van der Waals surface area contributed by atoms with E-state index in [4.69, 9.17) is 7.98 Å². The smallest absolute Gasteiger partial charge is 0.314 e. The first-order valence-electron chi connectivity index (χ1n) is 14.9. The summed E-state index contributed by atoms with van der Waals surface area (Å²) in [6.45, 7) is 4.31. The summed E-state index contributed by atoms with van der Waals surface area (Å²) in [4.78, 5) is 55.1. The van der Waals surface area contributed by atoms with Crippen LogP contribution >= 0.6 is 0 Å². The first kappa shape index (κ1) is 31.1. The predicted octanol–water partition coefficient (Wildman–Crippen LogP) is 1.92. The molecule has 4 rings (SSSR count). The van der Waals surface area contributed by atoms with Crippen molar-refractivity contribution in [3.8, 4) is 0 Å². The van der Waals surface area contributed by atoms with E-state index in [0.717, 1.165) is 11.1 Å². The molecule has 42 heavy (non-hydrogen) atoms. The fourth-order valence-electron chi connectivity index (χ4n) is 6.06. The lowest BCUT2D eigenvalue weighted by atomic mass is 9.92. The van der Waals surface area contributed by atoms with Crippen LogP contribution < -0.4 is 26.5 Å². The highest BCUT2D eigenvalue weighted by atomic mass is 16.2. The molecule has 5 amide bonds. The molecule has 0 aromatic heterocycles. The zero-order chi connectivity index (χ0) is 30.1. The molecule has 10 nitrogen and oxygen atoms in total. The first-order valence-corrected chi connectivity index (χ1v) is 14.9. The maximum Gasteiger partial charge on any atom is 0.314 e. The highest BCUT2D eigenvalue weighted by molar-refractivity contribution is 6.07. The number of benzene rings is 2. The number of hydrogen-bond acceptors (Lipinski definition) is 5. The number of hydrogen-bond donors (Lipinski definition) is 5. The molecule has 0 bridgehead atoms. The molecule has 0 aliphatic carbocycles. The minimum atomic E-state index is -0.917. The summed E-state index contributed by atoms with van der Waals surface area (Å²) in [6.07, 6.45) is 2.91. The maximum absolute atomic E-state index is 14.2. The van der Waals surface area contributed by atoms with Gasteiger partial charge in [-0.2, -0.15) is 0 Å². The Morgan fingerprint density at radius 3 is 2.10 bits per heavy atom. The molecule has 2 saturated heterocycles. The summed E-state index contributed by atoms with van der Waals surface area (Å²) in [5, 5.41) is 14.1. The van der Waals surface area contributed by atoms with Crippen LogP contribution in [0.15, 0.2) is 60.7 Å². The van der Waals surface area contributed by atoms with Crippen molar-refractivity contribution in [3.05, 3.63) is 71.8 Å². The van der Waals surface area contributed by atoms with Crippen LogP contribution in [-0.2, 0) is 14.4 Å². The van der Waals surface area contributed by atoms with Crippen molar-refractivity contribution < 1.29 is 19.2 Å². The van der Waals surface area contributed by atoms with Gasteiger partial charge < -0.3 is 31.4 Å². The molecule has 2 aromatic rings. The van der Waals surface area contributed by atoms with Crippen molar-refractivity contribution >= 4 is 31.7 Å². The van der Waals surface area contributed by atoms with E-state index in [2.05, 4.69) is 26.5 Å². The summed E-state index contributed by atoms with van der Waals surface area (Å²) < 4.78 is 0. The van der Waals surface area contributed by atoms with Crippen molar-refractivity contribution in [3.63, 3.8) is 0 Å². The van der Waals surface area contributed by atoms with Crippen LogP contribution in [0.1, 0.15) is 63.1 Å². The number of fused-ring (bicyclic) bond motifs is 1. The Morgan fingerprint density at radius 2 is 1.52 bits per heavy atom. The molecule has 222 valence electrons. The molecule has 0 saturated carbocycles. The molecular formula is C31H41BN6O4. The largest absolute Gasteiger partial charge is 0.356 e. The highest BCUT2D eigenvalue weighted by Gasteiger charge is 2.48. The molecule has 0 spiro atoms. The van der Waals surface area contributed by atoms with Crippen LogP contribution in [-0.4, -0.2) is 73.9 Å². The van der Waals surface area contributed by atoms with E-state index in [0.29, 0.717) is 38.6 Å². The standard InChI is InChI=1S/C31H41BN6O4/c1-3-24(37-32)28(39)36-27-22(19-34-31(42)33-4-2)15-16-23-17-18-25(38(23)30(27)41)29(40)35-26(20-11-7-5-8-12-20)21-13-9-6-10-14-21/h5-14,22-27,37H,3-4,15-19H2,1-2H3,(H,35,40)(H,36,39)(H2,33,34,42)/t22-,23+,24+,25+,27+/m1/s1. The first-order chi connectivity index (χ1) is 20.4. The van der Waals surface area contributed by atoms with Crippen LogP contribution in [0.2, 0.25) is 0 Å². The van der Waals surface area contributed by atoms with E-state index in [9.17, 15) is 19.2 Å². The van der Waals surface area contributed by atoms with Gasteiger partial charge in [0.1, 0.15) is 12.1 Å². The van der Waals surface area contributed by atoms with E-state index >= 15 is 0 Å². The van der Waals surface area contributed by atoms with Gasteiger partial charge in [-0.15, -0.1) is 0 Å². The Labute approximate surface area is 249 Å². The van der Waals surface area contributed by atoms with Gasteiger partial charge in [0.05, 0.1) is 12.1 Å². The average Bonchev–Trinajstić information content (AvgIpc) is 3.39. The molecular weight excluding hydrogens is 531 g/mol. The summed E-state index contributed by atoms with van der Waals surface area (Å²) >= 11 is 0. The number of nitrogens with zero attached hydrogens (tertiary/aromatic N) is 1. The van der Waals surface area contributed by atoms with E-state index in [1.807, 2.05) is 74.5 Å². The zero-order valence-corrected chi connectivity index (χ0v) is 24.3. The van der Waals surface area contributed by atoms with Crippen molar-refractivity contribution in [1.82, 2.24) is 31.4 Å². The van der Waals surface area contributed by atoms with Crippen LogP contribution in [0.25, 0.3) is 0 Å². The molecule has 11 heteroatoms. The van der Waals surface area contributed by atoms with E-state index in [1.165, 1.54) is 0 Å². The van der Waals surface area contributed by atoms with Gasteiger partial charge in [0.25, 0.3) is 0 Å². The zero-order valence-electron chi connectivity index (χ0n) is 24.3. The third kappa shape index (κ3) is 7.31. The number of nitrogens with one attached hydrogen (secondary N) is 5. The van der Waals surface area contributed by atoms with E-state index in [1.54, 1.807) is 4.90 Å². The third-order valence-corrected chi connectivity index (χ3v) is 8.31. The number of carbonyl (C=O) groups is 4. The van der Waals surface area contributed by atoms with Crippen molar-refractivity contribution in [2.75, 3.05) is 13.1 Å². The number of rotatable bonds is 11. The molecule has 5 atom stereocenters. The topological polar surface area (TPSA) is 132 Å². The molecule has 2 aromatic carbocycles. The minimum Gasteiger partial charge on any atom is -0.356 e. The molecule has 2 aliphatic heterocycles. The Hall–Kier alpha value is -3.86. The van der Waals surface area contributed by atoms with Gasteiger partial charge in [0.2, 0.25) is 17.7 Å². The van der Waals surface area contributed by atoms with Gasteiger partial charge in [-0.25, -0.2) is 4.79 Å². The summed E-state index contributed by atoms with van der Waals surface area (Å²) in [7, 11) is 5.59. The molecule has 0 unspecified atom stereocenters. The van der Waals surface area contributed by atoms with Gasteiger partial charge in [-0.05, 0) is 50.2 Å². The van der Waals surface area contributed by atoms with Gasteiger partial charge in [-0.3, -0.25) is 14.4 Å². The van der Waals surface area contributed by atoms with Gasteiger partial charge in [-0.1, -0.05) is 67.6 Å². The minimum absolute atomic E-state index is 0.136. The third-order valence-electron chi connectivity index (χ3n) is 8.31. The Bertz CT molecular complexity index is 1170. The summed E-state index contributed by atoms with van der Waals surface area (Å²) in [6, 6.07) is 16.4. The monoisotopic (exact) mass is 572 g/mol. The van der Waals surface area contributed by atoms with Gasteiger partial charge >= 0.3 is 6.03 Å². The maximum atomic E-state index is 14.2. The highest BCUT2D eigenvalue weighted by Crippen LogP contribution is 2.35. The fourth-order valence-corrected chi connectivity index (χ4v) is 6.06. The van der Waals surface area contributed by atoms with Crippen molar-refractivity contribution in [1.29, 1.82) is 0 Å². The lowest BCUT2D eigenvalue weighted by Gasteiger charge is -2.33. The lowest BCUT2D eigenvalue weighted by Crippen LogP contribution is -2.59. The molecule has 2 radical (unpaired) electrons. The molecule has 2 aliphatic rings. The number of carbonyl (C=O) groups excluding carboxylic acids is 4. The fraction of sp³-hybridized carbons (Fsp3) is 0.484. The number of amides is 5. The second-order valence-corrected chi connectivity index (χ2v) is 10.9. The predicted molar refractivity (Wildman–Crippen MR) is 161 cm³/mol. The van der Waals surface area contributed by atoms with Crippen molar-refractivity contribution in [2.24, 2.45) is 5.92 Å². The molecule has 2 fully saturated rings. The number of urea groups is 1. The average molecular weight is 573 g/mol. The second-order valence-electron chi connectivity index (χ2n) is 10.9. The lowest BCUT2D eigenvalue weighted by molar-refractivity contribution is -0.143. The quantitative estimate of drug-likeness (QED) is 0.263. The van der Waals surface area contributed by atoms with Gasteiger partial charge in [0, 0.05) is 25.0 Å². The SMILES string of the molecule is [B]N[C@@H](CC)C(=O)N[C@@H]1C(=O)N2[C@@H](CC[C@@H]1CNC(=O)NCC)CC[C@H]2C(=O)NC(c1ccccc1)c1ccccc1. The van der Waals surface area contributed by atoms with Crippen LogP contribution in [0.4, 0.5) is 4.79 Å².